The SMILES string of the molecule is O=S(=O)(c1ccccc1)n1c2ccc(C#CC3=CCCCC3)cc2c2c(Cl)ccnc21. The molecule has 0 bridgehead atoms. The van der Waals surface area contributed by atoms with E-state index in [1.165, 1.54) is 28.6 Å². The molecule has 4 nitrogen and oxygen atoms in total. The van der Waals surface area contributed by atoms with Crippen molar-refractivity contribution >= 4 is 43.6 Å². The normalized spacial score (nSPS) is 14.3. The lowest BCUT2D eigenvalue weighted by atomic mass is 10.00. The molecule has 1 aliphatic carbocycles. The summed E-state index contributed by atoms with van der Waals surface area (Å²) < 4.78 is 28.3. The van der Waals surface area contributed by atoms with Crippen molar-refractivity contribution in [1.82, 2.24) is 8.96 Å². The fourth-order valence-corrected chi connectivity index (χ4v) is 5.72. The number of halogens is 1. The van der Waals surface area contributed by atoms with Crippen LogP contribution in [0.3, 0.4) is 0 Å². The van der Waals surface area contributed by atoms with Crippen LogP contribution in [0.15, 0.2) is 77.3 Å². The molecule has 0 saturated heterocycles. The molecule has 0 atom stereocenters. The van der Waals surface area contributed by atoms with Gasteiger partial charge in [0.1, 0.15) is 0 Å². The van der Waals surface area contributed by atoms with Gasteiger partial charge in [-0.3, -0.25) is 0 Å². The molecule has 0 saturated carbocycles. The van der Waals surface area contributed by atoms with Gasteiger partial charge in [0.25, 0.3) is 10.0 Å². The van der Waals surface area contributed by atoms with E-state index in [9.17, 15) is 8.42 Å². The number of hydrogen-bond acceptors (Lipinski definition) is 3. The van der Waals surface area contributed by atoms with Gasteiger partial charge < -0.3 is 0 Å². The second kappa shape index (κ2) is 7.88. The van der Waals surface area contributed by atoms with Crippen LogP contribution in [0.25, 0.3) is 21.9 Å². The second-order valence-electron chi connectivity index (χ2n) is 7.53. The van der Waals surface area contributed by atoms with Gasteiger partial charge in [-0.15, -0.1) is 0 Å². The molecule has 0 fully saturated rings. The van der Waals surface area contributed by atoms with Crippen LogP contribution in [0.5, 0.6) is 0 Å². The Labute approximate surface area is 186 Å². The minimum absolute atomic E-state index is 0.198. The summed E-state index contributed by atoms with van der Waals surface area (Å²) in [5, 5.41) is 1.79. The maximum Gasteiger partial charge on any atom is 0.269 e. The molecule has 0 amide bonds. The Hall–Kier alpha value is -3.07. The molecule has 31 heavy (non-hydrogen) atoms. The monoisotopic (exact) mass is 446 g/mol. The lowest BCUT2D eigenvalue weighted by Crippen LogP contribution is -2.13. The molecule has 0 spiro atoms. The predicted octanol–water partition coefficient (Wildman–Crippen LogP) is 5.93. The molecule has 4 aromatic rings. The maximum atomic E-state index is 13.5. The molecular formula is C25H19ClN2O2S. The second-order valence-corrected chi connectivity index (χ2v) is 9.72. The Bertz CT molecular complexity index is 1510. The fourth-order valence-electron chi connectivity index (χ4n) is 3.98. The first-order valence-electron chi connectivity index (χ1n) is 10.2. The van der Waals surface area contributed by atoms with E-state index in [4.69, 9.17) is 11.6 Å². The Balaban J connectivity index is 1.75. The number of fused-ring (bicyclic) bond motifs is 3. The molecule has 2 heterocycles. The number of pyridine rings is 1. The van der Waals surface area contributed by atoms with Gasteiger partial charge in [0, 0.05) is 22.5 Å². The van der Waals surface area contributed by atoms with Crippen LogP contribution < -0.4 is 0 Å². The summed E-state index contributed by atoms with van der Waals surface area (Å²) in [5.74, 6) is 6.50. The van der Waals surface area contributed by atoms with Crippen LogP contribution in [-0.4, -0.2) is 17.4 Å². The van der Waals surface area contributed by atoms with Crippen LogP contribution >= 0.6 is 11.6 Å². The van der Waals surface area contributed by atoms with Gasteiger partial charge in [0.2, 0.25) is 0 Å². The van der Waals surface area contributed by atoms with Crippen molar-refractivity contribution in [3.8, 4) is 11.8 Å². The van der Waals surface area contributed by atoms with E-state index in [1.54, 1.807) is 42.5 Å². The van der Waals surface area contributed by atoms with Crippen LogP contribution in [0, 0.1) is 11.8 Å². The van der Waals surface area contributed by atoms with Crippen molar-refractivity contribution in [2.45, 2.75) is 30.6 Å². The van der Waals surface area contributed by atoms with Crippen molar-refractivity contribution in [3.05, 3.63) is 83.0 Å². The minimum Gasteiger partial charge on any atom is -0.237 e. The highest BCUT2D eigenvalue weighted by Gasteiger charge is 2.25. The third kappa shape index (κ3) is 3.52. The number of rotatable bonds is 2. The molecule has 0 aliphatic heterocycles. The van der Waals surface area contributed by atoms with Gasteiger partial charge in [-0.25, -0.2) is 17.4 Å². The first-order valence-corrected chi connectivity index (χ1v) is 12.0. The van der Waals surface area contributed by atoms with E-state index in [0.717, 1.165) is 23.8 Å². The highest BCUT2D eigenvalue weighted by molar-refractivity contribution is 7.90. The average molecular weight is 447 g/mol. The summed E-state index contributed by atoms with van der Waals surface area (Å²) >= 11 is 6.50. The van der Waals surface area contributed by atoms with Gasteiger partial charge in [-0.2, -0.15) is 0 Å². The first kappa shape index (κ1) is 19.9. The summed E-state index contributed by atoms with van der Waals surface area (Å²) in [7, 11) is -3.86. The third-order valence-electron chi connectivity index (χ3n) is 5.50. The third-order valence-corrected chi connectivity index (χ3v) is 7.53. The number of benzene rings is 2. The molecule has 2 aromatic heterocycles. The highest BCUT2D eigenvalue weighted by atomic mass is 35.5. The number of hydrogen-bond donors (Lipinski definition) is 0. The molecule has 6 heteroatoms. The summed E-state index contributed by atoms with van der Waals surface area (Å²) in [4.78, 5) is 4.57. The Morgan fingerprint density at radius 3 is 2.61 bits per heavy atom. The summed E-state index contributed by atoms with van der Waals surface area (Å²) in [6.45, 7) is 0. The van der Waals surface area contributed by atoms with Gasteiger partial charge in [0.15, 0.2) is 5.65 Å². The van der Waals surface area contributed by atoms with Gasteiger partial charge in [-0.1, -0.05) is 47.7 Å². The van der Waals surface area contributed by atoms with Gasteiger partial charge in [-0.05, 0) is 67.7 Å². The predicted molar refractivity (Wildman–Crippen MR) is 125 cm³/mol. The largest absolute Gasteiger partial charge is 0.269 e. The van der Waals surface area contributed by atoms with Crippen LogP contribution in [0.4, 0.5) is 0 Å². The zero-order valence-electron chi connectivity index (χ0n) is 16.7. The Morgan fingerprint density at radius 2 is 1.84 bits per heavy atom. The quantitative estimate of drug-likeness (QED) is 0.358. The number of nitrogens with zero attached hydrogens (tertiary/aromatic N) is 2. The zero-order valence-corrected chi connectivity index (χ0v) is 18.2. The summed E-state index contributed by atoms with van der Waals surface area (Å²) in [6, 6.07) is 15.6. The fraction of sp³-hybridized carbons (Fsp3) is 0.160. The van der Waals surface area contributed by atoms with Crippen molar-refractivity contribution in [3.63, 3.8) is 0 Å². The van der Waals surface area contributed by atoms with Crippen molar-refractivity contribution in [2.24, 2.45) is 0 Å². The molecule has 5 rings (SSSR count). The molecule has 0 N–H and O–H groups in total. The molecule has 2 aromatic carbocycles. The first-order chi connectivity index (χ1) is 15.1. The Morgan fingerprint density at radius 1 is 1.00 bits per heavy atom. The molecule has 154 valence electrons. The van der Waals surface area contributed by atoms with Crippen molar-refractivity contribution in [1.29, 1.82) is 0 Å². The van der Waals surface area contributed by atoms with Crippen molar-refractivity contribution < 1.29 is 8.42 Å². The minimum atomic E-state index is -3.86. The van der Waals surface area contributed by atoms with Crippen LogP contribution in [0.1, 0.15) is 31.2 Å². The lowest BCUT2D eigenvalue weighted by molar-refractivity contribution is 0.590. The van der Waals surface area contributed by atoms with E-state index in [1.807, 2.05) is 12.1 Å². The maximum absolute atomic E-state index is 13.5. The number of aromatic nitrogens is 2. The molecule has 1 aliphatic rings. The summed E-state index contributed by atoms with van der Waals surface area (Å²) in [5.41, 5.74) is 2.82. The standard InChI is InChI=1S/C25H19ClN2O2S/c26-22-15-16-27-25-24(22)21-17-19(12-11-18-7-3-1-4-8-18)13-14-23(21)28(25)31(29,30)20-9-5-2-6-10-20/h2,5-7,9-10,13-17H,1,3-4,8H2. The highest BCUT2D eigenvalue weighted by Crippen LogP contribution is 2.35. The van der Waals surface area contributed by atoms with E-state index < -0.39 is 10.0 Å². The zero-order chi connectivity index (χ0) is 21.4. The van der Waals surface area contributed by atoms with E-state index in [2.05, 4.69) is 22.9 Å². The average Bonchev–Trinajstić information content (AvgIpc) is 3.14. The van der Waals surface area contributed by atoms with E-state index >= 15 is 0 Å². The van der Waals surface area contributed by atoms with E-state index in [-0.39, 0.29) is 4.90 Å². The molecular weight excluding hydrogens is 428 g/mol. The number of allylic oxidation sites excluding steroid dienone is 2. The molecule has 0 radical (unpaired) electrons. The van der Waals surface area contributed by atoms with Crippen molar-refractivity contribution in [2.75, 3.05) is 0 Å². The van der Waals surface area contributed by atoms with Crippen LogP contribution in [0.2, 0.25) is 5.02 Å². The molecule has 0 unspecified atom stereocenters. The van der Waals surface area contributed by atoms with Crippen LogP contribution in [-0.2, 0) is 10.0 Å². The lowest BCUT2D eigenvalue weighted by Gasteiger charge is -2.08. The summed E-state index contributed by atoms with van der Waals surface area (Å²) in [6.07, 6.45) is 8.21. The van der Waals surface area contributed by atoms with E-state index in [0.29, 0.717) is 21.6 Å². The Kier molecular flexibility index (Phi) is 5.05. The smallest absolute Gasteiger partial charge is 0.237 e. The van der Waals surface area contributed by atoms with Gasteiger partial charge >= 0.3 is 0 Å². The van der Waals surface area contributed by atoms with Gasteiger partial charge in [0.05, 0.1) is 15.4 Å². The topological polar surface area (TPSA) is 52.0 Å².